The van der Waals surface area contributed by atoms with Crippen molar-refractivity contribution >= 4 is 22.7 Å². The topological polar surface area (TPSA) is 112 Å². The van der Waals surface area contributed by atoms with Crippen LogP contribution in [-0.2, 0) is 0 Å². The number of rotatable bonds is 6. The molecular weight excluding hydrogens is 408 g/mol. The third-order valence-corrected chi connectivity index (χ3v) is 5.16. The van der Waals surface area contributed by atoms with Crippen molar-refractivity contribution < 1.29 is 9.34 Å². The van der Waals surface area contributed by atoms with Gasteiger partial charge in [0.05, 0.1) is 40.2 Å². The van der Waals surface area contributed by atoms with Crippen molar-refractivity contribution in [2.45, 2.75) is 13.0 Å². The molecule has 0 saturated heterocycles. The summed E-state index contributed by atoms with van der Waals surface area (Å²) in [4.78, 5) is 24.5. The number of nitro benzene ring substituents is 1. The van der Waals surface area contributed by atoms with Crippen LogP contribution in [0, 0.1) is 10.1 Å². The Morgan fingerprint density at radius 2 is 1.97 bits per heavy atom. The van der Waals surface area contributed by atoms with Crippen LogP contribution < -0.4 is 5.32 Å². The molecule has 5 aromatic rings. The second kappa shape index (κ2) is 7.95. The first kappa shape index (κ1) is 19.4. The highest BCUT2D eigenvalue weighted by Gasteiger charge is 2.15. The molecule has 1 N–H and O–H groups in total. The highest BCUT2D eigenvalue weighted by atomic mass is 16.6. The lowest BCUT2D eigenvalue weighted by molar-refractivity contribution is -0.384. The lowest BCUT2D eigenvalue weighted by Crippen LogP contribution is -2.11. The summed E-state index contributed by atoms with van der Waals surface area (Å²) in [5.74, 6) is 1.02. The van der Waals surface area contributed by atoms with E-state index in [4.69, 9.17) is 9.40 Å². The Bertz CT molecular complexity index is 1410. The van der Waals surface area contributed by atoms with E-state index in [9.17, 15) is 10.1 Å². The van der Waals surface area contributed by atoms with Crippen LogP contribution in [0.25, 0.3) is 28.1 Å². The molecule has 0 bridgehead atoms. The van der Waals surface area contributed by atoms with Gasteiger partial charge in [-0.1, -0.05) is 24.3 Å². The molecule has 0 amide bonds. The number of nitrogens with one attached hydrogen (secondary N) is 1. The molecular formula is C23H18N6O3. The van der Waals surface area contributed by atoms with E-state index < -0.39 is 4.92 Å². The number of nitrogens with zero attached hydrogens (tertiary/aromatic N) is 5. The van der Waals surface area contributed by atoms with Gasteiger partial charge in [0.1, 0.15) is 12.1 Å². The molecule has 3 aromatic heterocycles. The molecule has 0 fully saturated rings. The number of hydrogen-bond donors (Lipinski definition) is 1. The number of anilines is 1. The van der Waals surface area contributed by atoms with E-state index >= 15 is 0 Å². The van der Waals surface area contributed by atoms with Crippen molar-refractivity contribution in [3.8, 4) is 17.1 Å². The summed E-state index contributed by atoms with van der Waals surface area (Å²) < 4.78 is 7.12. The van der Waals surface area contributed by atoms with Crippen LogP contribution in [0.5, 0.6) is 0 Å². The minimum absolute atomic E-state index is 0.0368. The fourth-order valence-electron chi connectivity index (χ4n) is 3.51. The number of nitro groups is 1. The highest BCUT2D eigenvalue weighted by molar-refractivity contribution is 5.77. The zero-order chi connectivity index (χ0) is 22.1. The number of fused-ring (bicyclic) bond motifs is 1. The molecule has 0 aliphatic rings. The van der Waals surface area contributed by atoms with E-state index in [0.717, 1.165) is 22.2 Å². The van der Waals surface area contributed by atoms with Gasteiger partial charge in [-0.3, -0.25) is 14.7 Å². The van der Waals surface area contributed by atoms with Crippen molar-refractivity contribution in [1.29, 1.82) is 0 Å². The SMILES string of the molecule is CC(Nc1nc(-c2ccoc2)cc(-n2cnc3ccccc32)n1)c1cccc([N+](=O)[O-])c1. The van der Waals surface area contributed by atoms with Crippen LogP contribution in [0.4, 0.5) is 11.6 Å². The van der Waals surface area contributed by atoms with E-state index in [0.29, 0.717) is 17.5 Å². The second-order valence-electron chi connectivity index (χ2n) is 7.27. The van der Waals surface area contributed by atoms with E-state index in [1.165, 1.54) is 6.07 Å². The molecule has 0 aliphatic carbocycles. The predicted molar refractivity (Wildman–Crippen MR) is 119 cm³/mol. The maximum absolute atomic E-state index is 11.1. The molecule has 0 aliphatic heterocycles. The molecule has 32 heavy (non-hydrogen) atoms. The summed E-state index contributed by atoms with van der Waals surface area (Å²) in [5, 5.41) is 14.4. The second-order valence-corrected chi connectivity index (χ2v) is 7.27. The normalized spacial score (nSPS) is 12.0. The van der Waals surface area contributed by atoms with E-state index in [1.54, 1.807) is 31.0 Å². The molecule has 9 nitrogen and oxygen atoms in total. The minimum atomic E-state index is -0.408. The number of hydrogen-bond acceptors (Lipinski definition) is 7. The molecule has 0 spiro atoms. The molecule has 9 heteroatoms. The molecule has 5 rings (SSSR count). The zero-order valence-electron chi connectivity index (χ0n) is 17.0. The Morgan fingerprint density at radius 3 is 2.78 bits per heavy atom. The van der Waals surface area contributed by atoms with Gasteiger partial charge in [0.15, 0.2) is 0 Å². The number of imidazole rings is 1. The van der Waals surface area contributed by atoms with Crippen molar-refractivity contribution in [3.63, 3.8) is 0 Å². The Balaban J connectivity index is 1.56. The molecule has 158 valence electrons. The average Bonchev–Trinajstić information content (AvgIpc) is 3.49. The van der Waals surface area contributed by atoms with Crippen molar-refractivity contribution in [3.05, 3.63) is 95.2 Å². The number of non-ortho nitro benzene ring substituents is 1. The predicted octanol–water partition coefficient (Wildman–Crippen LogP) is 5.16. The van der Waals surface area contributed by atoms with Crippen molar-refractivity contribution in [1.82, 2.24) is 19.5 Å². The quantitative estimate of drug-likeness (QED) is 0.295. The van der Waals surface area contributed by atoms with Crippen molar-refractivity contribution in [2.24, 2.45) is 0 Å². The van der Waals surface area contributed by atoms with Gasteiger partial charge in [0.25, 0.3) is 5.69 Å². The fraction of sp³-hybridized carbons (Fsp3) is 0.0870. The monoisotopic (exact) mass is 426 g/mol. The maximum atomic E-state index is 11.1. The van der Waals surface area contributed by atoms with Gasteiger partial charge in [-0.25, -0.2) is 9.97 Å². The van der Waals surface area contributed by atoms with Gasteiger partial charge in [-0.2, -0.15) is 4.98 Å². The zero-order valence-corrected chi connectivity index (χ0v) is 17.0. The third-order valence-electron chi connectivity index (χ3n) is 5.16. The van der Waals surface area contributed by atoms with Gasteiger partial charge in [0.2, 0.25) is 5.95 Å². The molecule has 1 unspecified atom stereocenters. The Labute approximate surface area is 182 Å². The Morgan fingerprint density at radius 1 is 1.09 bits per heavy atom. The largest absolute Gasteiger partial charge is 0.472 e. The van der Waals surface area contributed by atoms with Gasteiger partial charge < -0.3 is 9.73 Å². The summed E-state index contributed by atoms with van der Waals surface area (Å²) in [6.07, 6.45) is 4.92. The van der Waals surface area contributed by atoms with Crippen LogP contribution in [0.15, 0.2) is 83.9 Å². The average molecular weight is 426 g/mol. The highest BCUT2D eigenvalue weighted by Crippen LogP contribution is 2.26. The van der Waals surface area contributed by atoms with Crippen LogP contribution in [0.3, 0.4) is 0 Å². The van der Waals surface area contributed by atoms with Crippen LogP contribution in [-0.4, -0.2) is 24.4 Å². The summed E-state index contributed by atoms with van der Waals surface area (Å²) in [6, 6.07) is 17.7. The standard InChI is InChI=1S/C23H18N6O3/c1-15(16-5-4-6-18(11-16)29(30)31)25-23-26-20(17-9-10-32-13-17)12-22(27-23)28-14-24-19-7-2-3-8-21(19)28/h2-15H,1H3,(H,25,26,27). The van der Waals surface area contributed by atoms with Gasteiger partial charge >= 0.3 is 0 Å². The first-order valence-corrected chi connectivity index (χ1v) is 9.93. The van der Waals surface area contributed by atoms with Gasteiger partial charge in [0, 0.05) is 23.8 Å². The third kappa shape index (κ3) is 3.67. The molecule has 0 saturated carbocycles. The van der Waals surface area contributed by atoms with E-state index in [1.807, 2.05) is 54.0 Å². The van der Waals surface area contributed by atoms with E-state index in [2.05, 4.69) is 15.3 Å². The number of furan rings is 1. The minimum Gasteiger partial charge on any atom is -0.472 e. The van der Waals surface area contributed by atoms with E-state index in [-0.39, 0.29) is 11.7 Å². The Kier molecular flexibility index (Phi) is 4.83. The molecule has 1 atom stereocenters. The Hall–Kier alpha value is -4.53. The molecule has 0 radical (unpaired) electrons. The summed E-state index contributed by atoms with van der Waals surface area (Å²) in [7, 11) is 0. The van der Waals surface area contributed by atoms with Crippen LogP contribution >= 0.6 is 0 Å². The van der Waals surface area contributed by atoms with Crippen LogP contribution in [0.2, 0.25) is 0 Å². The fourth-order valence-corrected chi connectivity index (χ4v) is 3.51. The van der Waals surface area contributed by atoms with Crippen LogP contribution in [0.1, 0.15) is 18.5 Å². The maximum Gasteiger partial charge on any atom is 0.269 e. The number of aromatic nitrogens is 4. The summed E-state index contributed by atoms with van der Waals surface area (Å²) >= 11 is 0. The molecule has 2 aromatic carbocycles. The lowest BCUT2D eigenvalue weighted by atomic mass is 10.1. The van der Waals surface area contributed by atoms with Gasteiger partial charge in [-0.15, -0.1) is 0 Å². The first-order chi connectivity index (χ1) is 15.6. The van der Waals surface area contributed by atoms with Gasteiger partial charge in [-0.05, 0) is 30.7 Å². The first-order valence-electron chi connectivity index (χ1n) is 9.93. The number of benzene rings is 2. The molecule has 3 heterocycles. The number of para-hydroxylation sites is 2. The summed E-state index contributed by atoms with van der Waals surface area (Å²) in [5.41, 5.74) is 4.05. The lowest BCUT2D eigenvalue weighted by Gasteiger charge is -2.16. The smallest absolute Gasteiger partial charge is 0.269 e. The van der Waals surface area contributed by atoms with Crippen molar-refractivity contribution in [2.75, 3.05) is 5.32 Å². The summed E-state index contributed by atoms with van der Waals surface area (Å²) in [6.45, 7) is 1.90.